The Morgan fingerprint density at radius 3 is 0.787 bits per heavy atom. The molecule has 15 rings (SSSR count). The highest BCUT2D eigenvalue weighted by atomic mass is 35.5. The van der Waals surface area contributed by atoms with Gasteiger partial charge in [-0.15, -0.1) is 0 Å². The van der Waals surface area contributed by atoms with Crippen LogP contribution < -0.4 is 31.4 Å². The molecule has 12 heterocycles. The molecular formula is C99H87Cl9F6N18O9. The maximum atomic E-state index is 15.6. The molecule has 141 heavy (non-hydrogen) atoms. The van der Waals surface area contributed by atoms with Crippen LogP contribution in [0.4, 0.5) is 43.4 Å². The lowest BCUT2D eigenvalue weighted by atomic mass is 10.0. The summed E-state index contributed by atoms with van der Waals surface area (Å²) in [5.74, 6) is -13.0. The number of fused-ring (bicyclic) bond motifs is 3. The van der Waals surface area contributed by atoms with E-state index >= 15 is 26.3 Å². The summed E-state index contributed by atoms with van der Waals surface area (Å²) in [4.78, 5) is 119. The Morgan fingerprint density at radius 1 is 0.383 bits per heavy atom. The fraction of sp³-hybridized carbons (Fsp3) is 0.303. The molecule has 6 atom stereocenters. The number of hydrogen-bond donors (Lipinski definition) is 3. The summed E-state index contributed by atoms with van der Waals surface area (Å²) >= 11 is 55.7. The number of hydrogen-bond acceptors (Lipinski definition) is 21. The summed E-state index contributed by atoms with van der Waals surface area (Å²) in [6.07, 6.45) is 8.46. The number of aromatic hydroxyl groups is 3. The first-order valence-electron chi connectivity index (χ1n) is 43.7. The zero-order valence-electron chi connectivity index (χ0n) is 78.0. The first-order valence-corrected chi connectivity index (χ1v) is 47.1. The SMILES string of the molecule is C=CC(=O)N1[C@H](C)CN(c2c(C#N)c(=O)n(-c3c(C)ccnc3C(C)C)c3nc(-c4c(F)c(O)c(Cl)c(Cl)c4F)c(Cl)cc23)C[C@@H]1C.C=CC(=O)N1[C@H](C)CN(c2c(C#N)c(=O)n(-c3c(C)ccnc3C(C)C)c3nc(-c4c(F)c(O)c(Cl)c(Cl)c4F)c(Cl)cc23)C[C@@H]1C.C=CC(=O)N1[C@H](C)CN(c2c(C#N)c(=O)n(-c3c(C)ccnc3C(C)C)c3nc(-c4c(F)c(O)c(Cl)c(Cl)c4F)c(Cl)cc23)C[C@@H]1C. The molecule has 3 N–H and O–H groups in total. The lowest BCUT2D eigenvalue weighted by Gasteiger charge is -2.45. The number of benzene rings is 3. The Balaban J connectivity index is 0.000000178. The fourth-order valence-corrected chi connectivity index (χ4v) is 20.5. The molecule has 3 aliphatic rings. The van der Waals surface area contributed by atoms with E-state index in [1.54, 1.807) is 87.0 Å². The molecule has 0 saturated carbocycles. The van der Waals surface area contributed by atoms with Crippen molar-refractivity contribution in [1.29, 1.82) is 15.8 Å². The highest BCUT2D eigenvalue weighted by Crippen LogP contribution is 2.51. The molecule has 12 aromatic rings. The van der Waals surface area contributed by atoms with E-state index in [0.29, 0.717) is 50.8 Å². The van der Waals surface area contributed by atoms with Crippen molar-refractivity contribution in [1.82, 2.24) is 58.3 Å². The quantitative estimate of drug-likeness (QED) is 0.0371. The number of nitrogens with zero attached hydrogens (tertiary/aromatic N) is 18. The van der Waals surface area contributed by atoms with E-state index in [2.05, 4.69) is 67.8 Å². The van der Waals surface area contributed by atoms with Gasteiger partial charge in [-0.25, -0.2) is 41.3 Å². The maximum Gasteiger partial charge on any atom is 0.276 e. The second-order valence-corrected chi connectivity index (χ2v) is 38.6. The van der Waals surface area contributed by atoms with Crippen molar-refractivity contribution < 1.29 is 56.0 Å². The molecule has 0 bridgehead atoms. The van der Waals surface area contributed by atoms with E-state index in [-0.39, 0.29) is 193 Å². The first kappa shape index (κ1) is 106. The third-order valence-electron chi connectivity index (χ3n) is 24.8. The van der Waals surface area contributed by atoms with E-state index in [4.69, 9.17) is 104 Å². The second kappa shape index (κ2) is 41.5. The lowest BCUT2D eigenvalue weighted by Crippen LogP contribution is -2.58. The number of anilines is 3. The second-order valence-electron chi connectivity index (χ2n) is 35.1. The summed E-state index contributed by atoms with van der Waals surface area (Å²) in [7, 11) is 0. The van der Waals surface area contributed by atoms with E-state index < -0.39 is 133 Å². The van der Waals surface area contributed by atoms with Crippen LogP contribution in [0.5, 0.6) is 17.2 Å². The Hall–Kier alpha value is -12.7. The number of carbonyl (C=O) groups excluding carboxylic acids is 3. The third-order valence-corrected chi connectivity index (χ3v) is 28.1. The molecule has 3 amide bonds. The van der Waals surface area contributed by atoms with Crippen LogP contribution in [0.15, 0.2) is 107 Å². The number of aromatic nitrogens is 9. The van der Waals surface area contributed by atoms with Gasteiger partial charge in [-0.1, -0.05) is 166 Å². The number of phenols is 3. The van der Waals surface area contributed by atoms with Crippen molar-refractivity contribution in [3.8, 4) is 86.3 Å². The van der Waals surface area contributed by atoms with Gasteiger partial charge in [-0.05, 0) is 151 Å². The van der Waals surface area contributed by atoms with Gasteiger partial charge >= 0.3 is 0 Å². The highest BCUT2D eigenvalue weighted by Gasteiger charge is 2.43. The molecule has 0 radical (unpaired) electrons. The van der Waals surface area contributed by atoms with Crippen LogP contribution >= 0.6 is 104 Å². The van der Waals surface area contributed by atoms with E-state index in [9.17, 15) is 59.9 Å². The normalized spacial score (nSPS) is 16.6. The van der Waals surface area contributed by atoms with Crippen molar-refractivity contribution in [2.75, 3.05) is 54.0 Å². The molecule has 27 nitrogen and oxygen atoms in total. The number of amides is 3. The van der Waals surface area contributed by atoms with Crippen LogP contribution in [0.25, 0.3) is 83.9 Å². The Morgan fingerprint density at radius 2 is 0.596 bits per heavy atom. The van der Waals surface area contributed by atoms with E-state index in [1.165, 1.54) is 50.1 Å². The van der Waals surface area contributed by atoms with Crippen LogP contribution in [0.1, 0.15) is 151 Å². The molecule has 0 spiro atoms. The minimum absolute atomic E-state index is 0.0873. The van der Waals surface area contributed by atoms with Crippen LogP contribution in [0.2, 0.25) is 45.2 Å². The van der Waals surface area contributed by atoms with Crippen LogP contribution in [0, 0.1) is 89.7 Å². The van der Waals surface area contributed by atoms with Crippen molar-refractivity contribution in [2.45, 2.75) is 158 Å². The van der Waals surface area contributed by atoms with Crippen molar-refractivity contribution in [2.24, 2.45) is 0 Å². The van der Waals surface area contributed by atoms with Crippen molar-refractivity contribution in [3.05, 3.63) is 255 Å². The first-order chi connectivity index (χ1) is 66.5. The summed E-state index contributed by atoms with van der Waals surface area (Å²) in [5, 5.41) is 57.8. The molecule has 3 aromatic carbocycles. The molecule has 3 saturated heterocycles. The molecule has 42 heteroatoms. The predicted octanol–water partition coefficient (Wildman–Crippen LogP) is 21.9. The Kier molecular flexibility index (Phi) is 31.0. The molecule has 3 fully saturated rings. The number of nitriles is 3. The van der Waals surface area contributed by atoms with Crippen molar-refractivity contribution >= 4 is 172 Å². The number of rotatable bonds is 15. The molecule has 732 valence electrons. The fourth-order valence-electron chi connectivity index (χ4n) is 18.7. The van der Waals surface area contributed by atoms with Gasteiger partial charge in [0, 0.05) is 110 Å². The number of aryl methyl sites for hydroxylation is 3. The van der Waals surface area contributed by atoms with Gasteiger partial charge in [0.2, 0.25) is 17.7 Å². The standard InChI is InChI=1S/3C33H29Cl3F2N6O3/c3*1-7-21(45)43-16(5)12-42(13-17(43)6)30-18-10-20(34)28(22-25(37)23(35)24(36)31(46)26(22)38)41-32(18)44(33(47)19(30)11-39)29-15(4)8-9-40-27(29)14(2)3/h3*7-10,14,16-17,46H,1,12-13H2,2-6H3/t3*16-,17+. The third kappa shape index (κ3) is 18.4. The minimum atomic E-state index is -1.46. The Bertz CT molecular complexity index is 6870. The van der Waals surface area contributed by atoms with Gasteiger partial charge in [0.1, 0.15) is 66.9 Å². The highest BCUT2D eigenvalue weighted by molar-refractivity contribution is 6.45. The van der Waals surface area contributed by atoms with Gasteiger partial charge in [0.05, 0.1) is 115 Å². The maximum absolute atomic E-state index is 15.6. The summed E-state index contributed by atoms with van der Waals surface area (Å²) in [5.41, 5.74) is -2.24. The lowest BCUT2D eigenvalue weighted by molar-refractivity contribution is -0.131. The van der Waals surface area contributed by atoms with Gasteiger partial charge in [0.25, 0.3) is 16.7 Å². The van der Waals surface area contributed by atoms with E-state index in [1.807, 2.05) is 83.1 Å². The Labute approximate surface area is 849 Å². The number of piperazine rings is 3. The number of phenolic OH excluding ortho intramolecular Hbond substituents is 3. The number of halogens is 15. The monoisotopic (exact) mass is 2100 g/mol. The average molecular weight is 2110 g/mol. The van der Waals surface area contributed by atoms with Crippen LogP contribution in [-0.4, -0.2) is 167 Å². The summed E-state index contributed by atoms with van der Waals surface area (Å²) < 4.78 is 96.9. The smallest absolute Gasteiger partial charge is 0.276 e. The average Bonchev–Trinajstić information content (AvgIpc) is 0.725. The topological polar surface area (TPSA) is 346 Å². The largest absolute Gasteiger partial charge is 0.504 e. The molecular weight excluding hydrogens is 2020 g/mol. The van der Waals surface area contributed by atoms with Crippen LogP contribution in [0.3, 0.4) is 0 Å². The summed E-state index contributed by atoms with van der Waals surface area (Å²) in [6, 6.07) is 13.2. The number of pyridine rings is 9. The molecule has 0 aliphatic carbocycles. The van der Waals surface area contributed by atoms with Gasteiger partial charge in [0.15, 0.2) is 52.2 Å². The zero-order chi connectivity index (χ0) is 104. The van der Waals surface area contributed by atoms with E-state index in [0.717, 1.165) is 0 Å². The zero-order valence-corrected chi connectivity index (χ0v) is 84.8. The van der Waals surface area contributed by atoms with Gasteiger partial charge < -0.3 is 44.7 Å². The van der Waals surface area contributed by atoms with Crippen LogP contribution in [-0.2, 0) is 14.4 Å². The van der Waals surface area contributed by atoms with Gasteiger partial charge in [-0.2, -0.15) is 15.8 Å². The number of carbonyl (C=O) groups is 3. The summed E-state index contributed by atoms with van der Waals surface area (Å²) in [6.45, 7) is 39.7. The predicted molar refractivity (Wildman–Crippen MR) is 537 cm³/mol. The molecule has 9 aromatic heterocycles. The van der Waals surface area contributed by atoms with Crippen molar-refractivity contribution in [3.63, 3.8) is 0 Å². The molecule has 3 aliphatic heterocycles. The van der Waals surface area contributed by atoms with Gasteiger partial charge in [-0.3, -0.25) is 57.4 Å². The minimum Gasteiger partial charge on any atom is -0.504 e. The molecule has 0 unspecified atom stereocenters.